The number of nitrogens with zero attached hydrogens (tertiary/aromatic N) is 3. The molecule has 1 atom stereocenters. The summed E-state index contributed by atoms with van der Waals surface area (Å²) in [6.45, 7) is 1.84. The van der Waals surface area contributed by atoms with Gasteiger partial charge in [-0.25, -0.2) is 4.98 Å². The van der Waals surface area contributed by atoms with Gasteiger partial charge in [-0.15, -0.1) is 0 Å². The van der Waals surface area contributed by atoms with Crippen molar-refractivity contribution in [3.63, 3.8) is 0 Å². The third-order valence-corrected chi connectivity index (χ3v) is 6.81. The fourth-order valence-corrected chi connectivity index (χ4v) is 4.43. The van der Waals surface area contributed by atoms with Crippen LogP contribution in [0.25, 0.3) is 22.7 Å². The second-order valence-electron chi connectivity index (χ2n) is 8.16. The highest BCUT2D eigenvalue weighted by molar-refractivity contribution is 9.10. The zero-order chi connectivity index (χ0) is 25.8. The van der Waals surface area contributed by atoms with Crippen molar-refractivity contribution in [1.82, 2.24) is 14.5 Å². The molecule has 4 aromatic rings. The van der Waals surface area contributed by atoms with Gasteiger partial charge in [0.1, 0.15) is 17.3 Å². The van der Waals surface area contributed by atoms with Gasteiger partial charge in [0.2, 0.25) is 5.91 Å². The van der Waals surface area contributed by atoms with Gasteiger partial charge in [-0.05, 0) is 46.6 Å². The van der Waals surface area contributed by atoms with E-state index in [4.69, 9.17) is 14.5 Å². The van der Waals surface area contributed by atoms with Crippen LogP contribution in [0.3, 0.4) is 0 Å². The molecular weight excluding hydrogens is 522 g/mol. The van der Waals surface area contributed by atoms with Gasteiger partial charge in [-0.1, -0.05) is 42.5 Å². The third-order valence-electron chi connectivity index (χ3n) is 6.01. The molecule has 7 nitrogen and oxygen atoms in total. The van der Waals surface area contributed by atoms with Crippen LogP contribution in [0, 0.1) is 0 Å². The molecule has 4 rings (SSSR count). The van der Waals surface area contributed by atoms with Gasteiger partial charge in [-0.2, -0.15) is 0 Å². The van der Waals surface area contributed by atoms with E-state index in [9.17, 15) is 9.59 Å². The first-order valence-electron chi connectivity index (χ1n) is 11.3. The predicted molar refractivity (Wildman–Crippen MR) is 145 cm³/mol. The largest absolute Gasteiger partial charge is 0.497 e. The molecule has 0 saturated heterocycles. The minimum Gasteiger partial charge on any atom is -0.497 e. The molecule has 1 amide bonds. The third kappa shape index (κ3) is 4.90. The molecule has 1 heterocycles. The smallest absolute Gasteiger partial charge is 0.266 e. The van der Waals surface area contributed by atoms with Crippen molar-refractivity contribution >= 4 is 38.8 Å². The number of likely N-dealkylation sites (N-methyl/N-ethyl adjacent to an activating group) is 1. The number of benzene rings is 3. The number of ether oxygens (including phenoxy) is 2. The molecule has 0 N–H and O–H groups in total. The Morgan fingerprint density at radius 3 is 2.44 bits per heavy atom. The van der Waals surface area contributed by atoms with E-state index in [1.165, 1.54) is 10.6 Å². The fourth-order valence-electron chi connectivity index (χ4n) is 3.86. The minimum absolute atomic E-state index is 0.220. The molecule has 0 aliphatic heterocycles. The Labute approximate surface area is 217 Å². The number of amides is 1. The number of carbonyl (C=O) groups is 1. The van der Waals surface area contributed by atoms with Crippen molar-refractivity contribution in [1.29, 1.82) is 0 Å². The Bertz CT molecular complexity index is 1500. The van der Waals surface area contributed by atoms with E-state index in [-0.39, 0.29) is 11.5 Å². The summed E-state index contributed by atoms with van der Waals surface area (Å²) in [7, 11) is 4.78. The summed E-state index contributed by atoms with van der Waals surface area (Å²) in [5.41, 5.74) is 1.70. The maximum Gasteiger partial charge on any atom is 0.266 e. The van der Waals surface area contributed by atoms with Crippen molar-refractivity contribution in [2.75, 3.05) is 21.3 Å². The van der Waals surface area contributed by atoms with E-state index in [1.54, 1.807) is 62.6 Å². The molecule has 0 bridgehead atoms. The van der Waals surface area contributed by atoms with E-state index in [0.717, 1.165) is 5.56 Å². The van der Waals surface area contributed by atoms with E-state index in [2.05, 4.69) is 15.9 Å². The highest BCUT2D eigenvalue weighted by Crippen LogP contribution is 2.36. The average molecular weight is 548 g/mol. The lowest BCUT2D eigenvalue weighted by atomic mass is 10.1. The van der Waals surface area contributed by atoms with Gasteiger partial charge in [0, 0.05) is 25.3 Å². The zero-order valence-electron chi connectivity index (χ0n) is 20.4. The SMILES string of the molecule is COc1cc(OC)c(Br)c(-n2c(C(C)N(C)C(=O)/C=C/c3ccccc3)nc3ccccc3c2=O)c1. The van der Waals surface area contributed by atoms with Crippen molar-refractivity contribution in [2.45, 2.75) is 13.0 Å². The van der Waals surface area contributed by atoms with Crippen LogP contribution in [-0.4, -0.2) is 41.6 Å². The van der Waals surface area contributed by atoms with Crippen LogP contribution in [0.15, 0.2) is 82.1 Å². The number of methoxy groups -OCH3 is 2. The summed E-state index contributed by atoms with van der Waals surface area (Å²) in [6, 6.07) is 19.6. The zero-order valence-corrected chi connectivity index (χ0v) is 22.0. The van der Waals surface area contributed by atoms with Crippen LogP contribution < -0.4 is 15.0 Å². The van der Waals surface area contributed by atoms with Crippen molar-refractivity contribution in [3.8, 4) is 17.2 Å². The first-order chi connectivity index (χ1) is 17.3. The van der Waals surface area contributed by atoms with E-state index >= 15 is 0 Å². The molecule has 0 aliphatic rings. The molecular formula is C28H26BrN3O4. The molecule has 0 fully saturated rings. The van der Waals surface area contributed by atoms with Gasteiger partial charge in [0.05, 0.1) is 41.3 Å². The van der Waals surface area contributed by atoms with Crippen LogP contribution in [-0.2, 0) is 4.79 Å². The number of aromatic nitrogens is 2. The molecule has 1 unspecified atom stereocenters. The van der Waals surface area contributed by atoms with Gasteiger partial charge in [0.25, 0.3) is 5.56 Å². The predicted octanol–water partition coefficient (Wildman–Crippen LogP) is 5.40. The van der Waals surface area contributed by atoms with Crippen molar-refractivity contribution in [3.05, 3.63) is 99.0 Å². The molecule has 36 heavy (non-hydrogen) atoms. The van der Waals surface area contributed by atoms with Crippen LogP contribution in [0.4, 0.5) is 0 Å². The van der Waals surface area contributed by atoms with Gasteiger partial charge in [-0.3, -0.25) is 14.2 Å². The number of para-hydroxylation sites is 1. The van der Waals surface area contributed by atoms with Crippen LogP contribution >= 0.6 is 15.9 Å². The van der Waals surface area contributed by atoms with Crippen molar-refractivity contribution < 1.29 is 14.3 Å². The Morgan fingerprint density at radius 1 is 1.06 bits per heavy atom. The second kappa shape index (κ2) is 10.8. The first kappa shape index (κ1) is 25.2. The number of hydrogen-bond donors (Lipinski definition) is 0. The van der Waals surface area contributed by atoms with E-state index in [0.29, 0.717) is 38.4 Å². The van der Waals surface area contributed by atoms with Crippen LogP contribution in [0.1, 0.15) is 24.4 Å². The number of halogens is 1. The van der Waals surface area contributed by atoms with Crippen LogP contribution in [0.2, 0.25) is 0 Å². The quantitative estimate of drug-likeness (QED) is 0.290. The lowest BCUT2D eigenvalue weighted by Crippen LogP contribution is -2.34. The maximum atomic E-state index is 13.8. The summed E-state index contributed by atoms with van der Waals surface area (Å²) >= 11 is 3.58. The summed E-state index contributed by atoms with van der Waals surface area (Å²) < 4.78 is 13.0. The number of carbonyl (C=O) groups excluding carboxylic acids is 1. The monoisotopic (exact) mass is 547 g/mol. The van der Waals surface area contributed by atoms with Gasteiger partial charge in [0.15, 0.2) is 0 Å². The molecule has 0 aliphatic carbocycles. The molecule has 0 spiro atoms. The lowest BCUT2D eigenvalue weighted by Gasteiger charge is -2.27. The standard InChI is InChI=1S/C28H26BrN3O4/c1-18(31(2)25(33)15-14-19-10-6-5-7-11-19)27-30-22-13-9-8-12-21(22)28(34)32(27)23-16-20(35-3)17-24(36-4)26(23)29/h5-18H,1-4H3/b15-14+. The molecule has 1 aromatic heterocycles. The summed E-state index contributed by atoms with van der Waals surface area (Å²) in [4.78, 5) is 33.3. The molecule has 8 heteroatoms. The number of rotatable bonds is 7. The summed E-state index contributed by atoms with van der Waals surface area (Å²) in [6.07, 6.45) is 3.27. The highest BCUT2D eigenvalue weighted by atomic mass is 79.9. The molecule has 0 radical (unpaired) electrons. The Hall–Kier alpha value is -3.91. The van der Waals surface area contributed by atoms with Gasteiger partial charge < -0.3 is 14.4 Å². The molecule has 0 saturated carbocycles. The lowest BCUT2D eigenvalue weighted by molar-refractivity contribution is -0.126. The second-order valence-corrected chi connectivity index (χ2v) is 8.95. The maximum absolute atomic E-state index is 13.8. The topological polar surface area (TPSA) is 73.7 Å². The first-order valence-corrected chi connectivity index (χ1v) is 12.1. The van der Waals surface area contributed by atoms with E-state index < -0.39 is 6.04 Å². The molecule has 3 aromatic carbocycles. The summed E-state index contributed by atoms with van der Waals surface area (Å²) in [5.74, 6) is 1.19. The number of hydrogen-bond acceptors (Lipinski definition) is 5. The minimum atomic E-state index is -0.542. The Balaban J connectivity index is 1.87. The summed E-state index contributed by atoms with van der Waals surface area (Å²) in [5, 5.41) is 0.458. The van der Waals surface area contributed by atoms with Gasteiger partial charge >= 0.3 is 0 Å². The normalized spacial score (nSPS) is 12.0. The Kier molecular flexibility index (Phi) is 7.55. The van der Waals surface area contributed by atoms with Crippen molar-refractivity contribution in [2.24, 2.45) is 0 Å². The average Bonchev–Trinajstić information content (AvgIpc) is 2.91. The number of fused-ring (bicyclic) bond motifs is 1. The molecule has 184 valence electrons. The van der Waals surface area contributed by atoms with Crippen LogP contribution in [0.5, 0.6) is 11.5 Å². The Morgan fingerprint density at radius 2 is 1.75 bits per heavy atom. The highest BCUT2D eigenvalue weighted by Gasteiger charge is 2.25. The fraction of sp³-hybridized carbons (Fsp3) is 0.179. The van der Waals surface area contributed by atoms with E-state index in [1.807, 2.05) is 43.3 Å².